The van der Waals surface area contributed by atoms with Crippen LogP contribution in [0.15, 0.2) is 26.3 Å². The molecule has 0 aromatic carbocycles. The van der Waals surface area contributed by atoms with Crippen LogP contribution in [-0.2, 0) is 46.8 Å². The molecule has 2 fully saturated rings. The summed E-state index contributed by atoms with van der Waals surface area (Å²) in [6.45, 7) is 4.12. The fourth-order valence-electron chi connectivity index (χ4n) is 6.25. The quantitative estimate of drug-likeness (QED) is 0.0549. The van der Waals surface area contributed by atoms with Gasteiger partial charge in [-0.1, -0.05) is 28.0 Å². The minimum absolute atomic E-state index is 0.0603. The molecule has 0 saturated carbocycles. The van der Waals surface area contributed by atoms with Gasteiger partial charge in [0.05, 0.1) is 58.3 Å². The second-order valence-electron chi connectivity index (χ2n) is 13.8. The van der Waals surface area contributed by atoms with E-state index < -0.39 is 11.4 Å². The number of rotatable bonds is 32. The Balaban J connectivity index is 0.827. The third kappa shape index (κ3) is 17.8. The van der Waals surface area contributed by atoms with Gasteiger partial charge in [-0.2, -0.15) is 11.8 Å². The zero-order chi connectivity index (χ0) is 40.7. The summed E-state index contributed by atoms with van der Waals surface area (Å²) in [7, 11) is 4.80. The number of amides is 3. The molecule has 3 atom stereocenters. The molecule has 3 unspecified atom stereocenters. The van der Waals surface area contributed by atoms with Gasteiger partial charge < -0.3 is 39.3 Å². The average molecular weight is 856 g/mol. The molecule has 2 aliphatic rings. The SMILES string of the molecule is Cn1c(=O)oc(=O)c2cc(CCC(=O)NCCSSCCCC(=O)CCOCCOCCOCCOCCCC(=O)CCCCC3SCC4NC(=O)NC43)cnc21. The lowest BCUT2D eigenvalue weighted by molar-refractivity contribution is -0.121. The van der Waals surface area contributed by atoms with Gasteiger partial charge in [-0.05, 0) is 43.7 Å². The summed E-state index contributed by atoms with van der Waals surface area (Å²) in [5, 5.41) is 9.49. The molecule has 2 saturated heterocycles. The number of nitrogens with zero attached hydrogens (tertiary/aromatic N) is 2. The molecule has 4 heterocycles. The van der Waals surface area contributed by atoms with E-state index in [0.717, 1.165) is 47.5 Å². The van der Waals surface area contributed by atoms with Gasteiger partial charge >= 0.3 is 17.4 Å². The summed E-state index contributed by atoms with van der Waals surface area (Å²) in [4.78, 5) is 75.8. The maximum absolute atomic E-state index is 12.2. The van der Waals surface area contributed by atoms with E-state index in [9.17, 15) is 28.8 Å². The first kappa shape index (κ1) is 46.7. The Bertz CT molecular complexity index is 1690. The van der Waals surface area contributed by atoms with Crippen molar-refractivity contribution in [3.05, 3.63) is 38.8 Å². The number of nitrogens with one attached hydrogen (secondary N) is 3. The van der Waals surface area contributed by atoms with Crippen molar-refractivity contribution in [1.29, 1.82) is 0 Å². The van der Waals surface area contributed by atoms with Crippen LogP contribution in [-0.4, -0.2) is 127 Å². The van der Waals surface area contributed by atoms with E-state index in [-0.39, 0.29) is 53.0 Å². The molecule has 3 amide bonds. The standard InChI is InChI=1S/C38H57N5O11S3/c1-43-35-30(36(47)54-38(43)49)24-27(25-40-35)10-11-33(46)39-13-23-57-56-22-5-8-29(45)12-15-51-17-19-53-21-20-52-18-16-50-14-4-7-28(44)6-2-3-9-32-34-31(26-55-32)41-37(48)42-34/h24-25,31-32,34H,2-23,26H2,1H3,(H,39,46)(H2,41,42,48). The Kier molecular flexibility index (Phi) is 22.1. The molecule has 57 heavy (non-hydrogen) atoms. The number of hydrogen-bond donors (Lipinski definition) is 3. The molecule has 0 bridgehead atoms. The van der Waals surface area contributed by atoms with Crippen LogP contribution in [0.3, 0.4) is 0 Å². The van der Waals surface area contributed by atoms with Gasteiger partial charge in [-0.15, -0.1) is 0 Å². The lowest BCUT2D eigenvalue weighted by Crippen LogP contribution is -2.36. The number of pyridine rings is 1. The van der Waals surface area contributed by atoms with Crippen molar-refractivity contribution in [1.82, 2.24) is 25.5 Å². The number of carbonyl (C=O) groups is 4. The van der Waals surface area contributed by atoms with E-state index in [4.69, 9.17) is 18.9 Å². The number of aromatic nitrogens is 2. The zero-order valence-electron chi connectivity index (χ0n) is 32.8. The van der Waals surface area contributed by atoms with Crippen LogP contribution in [0.2, 0.25) is 0 Å². The number of Topliss-reactive ketones (excluding diaryl/α,β-unsaturated/α-hetero) is 2. The van der Waals surface area contributed by atoms with Gasteiger partial charge in [0.2, 0.25) is 5.91 Å². The third-order valence-electron chi connectivity index (χ3n) is 9.35. The summed E-state index contributed by atoms with van der Waals surface area (Å²) in [6, 6.07) is 2.01. The number of unbranched alkanes of at least 4 members (excludes halogenated alkanes) is 1. The van der Waals surface area contributed by atoms with Gasteiger partial charge in [-0.3, -0.25) is 19.0 Å². The fourth-order valence-corrected chi connectivity index (χ4v) is 9.79. The number of ether oxygens (including phenoxy) is 4. The van der Waals surface area contributed by atoms with Crippen LogP contribution < -0.4 is 27.3 Å². The smallest absolute Gasteiger partial charge is 0.379 e. The van der Waals surface area contributed by atoms with Gasteiger partial charge in [0.15, 0.2) is 5.65 Å². The fraction of sp³-hybridized carbons (Fsp3) is 0.711. The lowest BCUT2D eigenvalue weighted by Gasteiger charge is -2.16. The number of urea groups is 1. The summed E-state index contributed by atoms with van der Waals surface area (Å²) < 4.78 is 27.9. The molecule has 2 aromatic rings. The van der Waals surface area contributed by atoms with Gasteiger partial charge in [0.1, 0.15) is 17.0 Å². The van der Waals surface area contributed by atoms with Crippen LogP contribution in [0.1, 0.15) is 69.8 Å². The van der Waals surface area contributed by atoms with Gasteiger partial charge in [0.25, 0.3) is 0 Å². The minimum atomic E-state index is -0.772. The lowest BCUT2D eigenvalue weighted by atomic mass is 10.0. The average Bonchev–Trinajstić information content (AvgIpc) is 3.76. The number of aryl methyl sites for hydroxylation is 2. The van der Waals surface area contributed by atoms with Crippen molar-refractivity contribution in [2.24, 2.45) is 7.05 Å². The van der Waals surface area contributed by atoms with Gasteiger partial charge in [0, 0.05) is 81.0 Å². The molecule has 16 nitrogen and oxygen atoms in total. The first-order valence-corrected chi connectivity index (χ1v) is 23.3. The third-order valence-corrected chi connectivity index (χ3v) is 13.3. The maximum atomic E-state index is 12.2. The molecular weight excluding hydrogens is 799 g/mol. The molecule has 4 rings (SSSR count). The van der Waals surface area contributed by atoms with Crippen molar-refractivity contribution < 1.29 is 42.5 Å². The van der Waals surface area contributed by atoms with Crippen molar-refractivity contribution in [3.8, 4) is 0 Å². The molecule has 0 radical (unpaired) electrons. The van der Waals surface area contributed by atoms with Crippen LogP contribution in [0, 0.1) is 0 Å². The molecule has 3 N–H and O–H groups in total. The number of hydrogen-bond acceptors (Lipinski definition) is 15. The molecule has 19 heteroatoms. The van der Waals surface area contributed by atoms with E-state index in [1.807, 2.05) is 11.8 Å². The molecule has 0 spiro atoms. The summed E-state index contributed by atoms with van der Waals surface area (Å²) in [5.41, 5.74) is 0.199. The molecular formula is C38H57N5O11S3. The second-order valence-corrected chi connectivity index (χ2v) is 17.7. The van der Waals surface area contributed by atoms with Crippen molar-refractivity contribution in [2.45, 2.75) is 88.0 Å². The highest BCUT2D eigenvalue weighted by Gasteiger charge is 2.42. The van der Waals surface area contributed by atoms with E-state index >= 15 is 0 Å². The highest BCUT2D eigenvalue weighted by Crippen LogP contribution is 2.33. The van der Waals surface area contributed by atoms with Crippen molar-refractivity contribution >= 4 is 67.9 Å². The summed E-state index contributed by atoms with van der Waals surface area (Å²) in [5.74, 6) is 2.12. The predicted molar refractivity (Wildman–Crippen MR) is 222 cm³/mol. The van der Waals surface area contributed by atoms with Crippen LogP contribution in [0.5, 0.6) is 0 Å². The van der Waals surface area contributed by atoms with E-state index in [0.29, 0.717) is 109 Å². The first-order valence-electron chi connectivity index (χ1n) is 19.7. The van der Waals surface area contributed by atoms with E-state index in [1.165, 1.54) is 7.05 Å². The normalized spacial score (nSPS) is 17.4. The molecule has 0 aliphatic carbocycles. The molecule has 2 aromatic heterocycles. The van der Waals surface area contributed by atoms with Gasteiger partial charge in [-0.25, -0.2) is 19.4 Å². The monoisotopic (exact) mass is 855 g/mol. The van der Waals surface area contributed by atoms with E-state index in [1.54, 1.807) is 33.9 Å². The first-order chi connectivity index (χ1) is 27.7. The summed E-state index contributed by atoms with van der Waals surface area (Å²) >= 11 is 1.91. The second kappa shape index (κ2) is 26.9. The maximum Gasteiger partial charge on any atom is 0.423 e. The van der Waals surface area contributed by atoms with E-state index in [2.05, 4.69) is 25.4 Å². The Morgan fingerprint density at radius 2 is 1.51 bits per heavy atom. The van der Waals surface area contributed by atoms with Crippen molar-refractivity contribution in [2.75, 3.05) is 76.7 Å². The van der Waals surface area contributed by atoms with Crippen molar-refractivity contribution in [3.63, 3.8) is 0 Å². The number of thioether (sulfide) groups is 1. The largest absolute Gasteiger partial charge is 0.423 e. The molecule has 2 aliphatic heterocycles. The Morgan fingerprint density at radius 3 is 2.28 bits per heavy atom. The van der Waals surface area contributed by atoms with Crippen LogP contribution in [0.4, 0.5) is 4.79 Å². The molecule has 318 valence electrons. The summed E-state index contributed by atoms with van der Waals surface area (Å²) in [6.07, 6.45) is 8.64. The zero-order valence-corrected chi connectivity index (χ0v) is 35.2. The topological polar surface area (TPSA) is 206 Å². The predicted octanol–water partition coefficient (Wildman–Crippen LogP) is 3.20. The minimum Gasteiger partial charge on any atom is -0.379 e. The highest BCUT2D eigenvalue weighted by atomic mass is 33.1. The number of fused-ring (bicyclic) bond motifs is 2. The Hall–Kier alpha value is -2.94. The Morgan fingerprint density at radius 1 is 0.842 bits per heavy atom. The van der Waals surface area contributed by atoms with Crippen LogP contribution in [0.25, 0.3) is 11.0 Å². The number of ketones is 2. The number of carbonyl (C=O) groups excluding carboxylic acids is 4. The highest BCUT2D eigenvalue weighted by molar-refractivity contribution is 8.76. The Labute approximate surface area is 345 Å². The van der Waals surface area contributed by atoms with Crippen LogP contribution >= 0.6 is 33.3 Å².